The number of aromatic nitrogens is 5. The smallest absolute Gasteiger partial charge is 0.277 e. The number of fused-ring (bicyclic) bond motifs is 3. The normalized spacial score (nSPS) is 19.4. The Morgan fingerprint density at radius 1 is 1.19 bits per heavy atom. The molecule has 0 saturated carbocycles. The molecule has 2 saturated heterocycles. The van der Waals surface area contributed by atoms with Crippen molar-refractivity contribution >= 4 is 16.6 Å². The first kappa shape index (κ1) is 22.8. The van der Waals surface area contributed by atoms with Gasteiger partial charge >= 0.3 is 0 Å². The molecule has 1 unspecified atom stereocenters. The van der Waals surface area contributed by atoms with E-state index in [9.17, 15) is 19.6 Å². The Morgan fingerprint density at radius 2 is 2.03 bits per heavy atom. The van der Waals surface area contributed by atoms with Crippen molar-refractivity contribution in [2.24, 2.45) is 0 Å². The Labute approximate surface area is 204 Å². The predicted molar refractivity (Wildman–Crippen MR) is 125 cm³/mol. The van der Waals surface area contributed by atoms with E-state index in [-0.39, 0.29) is 46.7 Å². The van der Waals surface area contributed by atoms with Crippen LogP contribution in [0.25, 0.3) is 28.1 Å². The number of hydrogen-bond donors (Lipinski definition) is 1. The Morgan fingerprint density at radius 3 is 2.78 bits per heavy atom. The monoisotopic (exact) mass is 493 g/mol. The van der Waals surface area contributed by atoms with Crippen molar-refractivity contribution in [1.29, 1.82) is 5.26 Å². The molecular formula is C24H24FN7O4. The molecule has 2 aliphatic heterocycles. The third-order valence-corrected chi connectivity index (χ3v) is 7.09. The molecule has 5 heterocycles. The van der Waals surface area contributed by atoms with Crippen LogP contribution in [0.1, 0.15) is 36.6 Å². The van der Waals surface area contributed by atoms with Crippen LogP contribution in [0.4, 0.5) is 4.39 Å². The molecule has 11 nitrogen and oxygen atoms in total. The van der Waals surface area contributed by atoms with Crippen LogP contribution in [0.3, 0.4) is 0 Å². The maximum absolute atomic E-state index is 14.6. The molecule has 12 heteroatoms. The van der Waals surface area contributed by atoms with Gasteiger partial charge < -0.3 is 23.8 Å². The van der Waals surface area contributed by atoms with Gasteiger partial charge in [-0.1, -0.05) is 5.16 Å². The second-order valence-electron chi connectivity index (χ2n) is 9.26. The fourth-order valence-electron chi connectivity index (χ4n) is 5.08. The fraction of sp³-hybridized carbons (Fsp3) is 0.458. The number of halogens is 1. The molecule has 0 radical (unpaired) electrons. The molecule has 0 aliphatic carbocycles. The van der Waals surface area contributed by atoms with Gasteiger partial charge in [-0.25, -0.2) is 9.37 Å². The number of aliphatic hydroxyl groups excluding tert-OH is 1. The van der Waals surface area contributed by atoms with Crippen LogP contribution in [0.15, 0.2) is 27.8 Å². The maximum Gasteiger partial charge on any atom is 0.277 e. The number of likely N-dealkylation sites (tertiary alicyclic amines) is 1. The van der Waals surface area contributed by atoms with E-state index in [1.165, 1.54) is 23.0 Å². The lowest BCUT2D eigenvalue weighted by Crippen LogP contribution is -2.39. The number of imidazole rings is 1. The molecular weight excluding hydrogens is 469 g/mol. The first-order valence-corrected chi connectivity index (χ1v) is 12.0. The summed E-state index contributed by atoms with van der Waals surface area (Å²) in [7, 11) is 0. The average Bonchev–Trinajstić information content (AvgIpc) is 3.65. The Kier molecular flexibility index (Phi) is 5.75. The van der Waals surface area contributed by atoms with Crippen LogP contribution in [0.5, 0.6) is 0 Å². The summed E-state index contributed by atoms with van der Waals surface area (Å²) in [4.78, 5) is 24.9. The number of rotatable bonds is 5. The molecule has 1 N–H and O–H groups in total. The van der Waals surface area contributed by atoms with Crippen molar-refractivity contribution in [3.05, 3.63) is 46.1 Å². The number of nitriles is 1. The SMILES string of the molecule is N#Cc1c(F)ccc2c1n(CCN1CCC(O)CC1)c(=O)c1c(-c3noc(C4CCOC4)n3)ncn12. The summed E-state index contributed by atoms with van der Waals surface area (Å²) in [6.07, 6.45) is 3.24. The maximum atomic E-state index is 14.6. The first-order chi connectivity index (χ1) is 17.5. The van der Waals surface area contributed by atoms with Crippen molar-refractivity contribution < 1.29 is 18.8 Å². The van der Waals surface area contributed by atoms with E-state index in [4.69, 9.17) is 9.26 Å². The van der Waals surface area contributed by atoms with Crippen LogP contribution in [-0.4, -0.2) is 73.1 Å². The topological polar surface area (TPSA) is 135 Å². The molecule has 36 heavy (non-hydrogen) atoms. The zero-order valence-electron chi connectivity index (χ0n) is 19.4. The minimum atomic E-state index is -0.694. The van der Waals surface area contributed by atoms with Crippen molar-refractivity contribution in [3.8, 4) is 17.6 Å². The molecule has 0 bridgehead atoms. The Balaban J connectivity index is 1.49. The van der Waals surface area contributed by atoms with Crippen LogP contribution < -0.4 is 5.56 Å². The molecule has 6 rings (SSSR count). The van der Waals surface area contributed by atoms with E-state index in [2.05, 4.69) is 20.0 Å². The summed E-state index contributed by atoms with van der Waals surface area (Å²) in [5.74, 6) is -0.0664. The van der Waals surface area contributed by atoms with Crippen LogP contribution in [0, 0.1) is 17.1 Å². The molecule has 1 atom stereocenters. The van der Waals surface area contributed by atoms with Crippen LogP contribution in [-0.2, 0) is 11.3 Å². The van der Waals surface area contributed by atoms with Gasteiger partial charge in [0.25, 0.3) is 5.56 Å². The minimum absolute atomic E-state index is 0.00170. The summed E-state index contributed by atoms with van der Waals surface area (Å²) in [6.45, 7) is 3.27. The highest BCUT2D eigenvalue weighted by Gasteiger charge is 2.27. The van der Waals surface area contributed by atoms with Crippen molar-refractivity contribution in [1.82, 2.24) is 29.0 Å². The lowest BCUT2D eigenvalue weighted by Gasteiger charge is -2.29. The standard InChI is InChI=1S/C24H24FN7O4/c25-17-1-2-18-20(16(17)11-26)31(9-8-30-6-3-15(33)4-7-30)24(34)21-19(27-13-32(18)21)22-28-23(36-29-22)14-5-10-35-12-14/h1-2,13-15,33H,3-10,12H2. The summed E-state index contributed by atoms with van der Waals surface area (Å²) in [5, 5.41) is 23.6. The Hall–Kier alpha value is -3.66. The van der Waals surface area contributed by atoms with Gasteiger partial charge in [-0.3, -0.25) is 9.20 Å². The Bertz CT molecular complexity index is 1540. The van der Waals surface area contributed by atoms with Gasteiger partial charge in [-0.15, -0.1) is 0 Å². The fourth-order valence-corrected chi connectivity index (χ4v) is 5.08. The highest BCUT2D eigenvalue weighted by atomic mass is 19.1. The zero-order chi connectivity index (χ0) is 24.8. The van der Waals surface area contributed by atoms with Gasteiger partial charge in [-0.2, -0.15) is 10.2 Å². The third kappa shape index (κ3) is 3.76. The van der Waals surface area contributed by atoms with Gasteiger partial charge in [-0.05, 0) is 31.4 Å². The van der Waals surface area contributed by atoms with Gasteiger partial charge in [0, 0.05) is 32.8 Å². The number of ether oxygens (including phenoxy) is 1. The van der Waals surface area contributed by atoms with Crippen molar-refractivity contribution in [2.75, 3.05) is 32.8 Å². The molecule has 0 spiro atoms. The van der Waals surface area contributed by atoms with E-state index in [0.717, 1.165) is 6.42 Å². The van der Waals surface area contributed by atoms with E-state index in [0.29, 0.717) is 57.1 Å². The second-order valence-corrected chi connectivity index (χ2v) is 9.26. The number of aliphatic hydroxyl groups is 1. The van der Waals surface area contributed by atoms with E-state index < -0.39 is 11.4 Å². The summed E-state index contributed by atoms with van der Waals surface area (Å²) >= 11 is 0. The molecule has 2 aliphatic rings. The highest BCUT2D eigenvalue weighted by molar-refractivity contribution is 5.87. The molecule has 186 valence electrons. The molecule has 4 aromatic rings. The van der Waals surface area contributed by atoms with Crippen LogP contribution in [0.2, 0.25) is 0 Å². The minimum Gasteiger partial charge on any atom is -0.393 e. The number of hydrogen-bond acceptors (Lipinski definition) is 9. The van der Waals surface area contributed by atoms with E-state index >= 15 is 0 Å². The van der Waals surface area contributed by atoms with Gasteiger partial charge in [0.05, 0.1) is 29.7 Å². The lowest BCUT2D eigenvalue weighted by molar-refractivity contribution is 0.0810. The third-order valence-electron chi connectivity index (χ3n) is 7.09. The van der Waals surface area contributed by atoms with Gasteiger partial charge in [0.15, 0.2) is 0 Å². The van der Waals surface area contributed by atoms with E-state index in [1.807, 2.05) is 6.07 Å². The summed E-state index contributed by atoms with van der Waals surface area (Å²) in [5.41, 5.74) is 0.551. The van der Waals surface area contributed by atoms with Crippen molar-refractivity contribution in [3.63, 3.8) is 0 Å². The quantitative estimate of drug-likeness (QED) is 0.440. The number of benzene rings is 1. The lowest BCUT2D eigenvalue weighted by atomic mass is 10.1. The summed E-state index contributed by atoms with van der Waals surface area (Å²) in [6, 6.07) is 4.67. The average molecular weight is 493 g/mol. The van der Waals surface area contributed by atoms with E-state index in [1.54, 1.807) is 4.40 Å². The zero-order valence-corrected chi connectivity index (χ0v) is 19.4. The van der Waals surface area contributed by atoms with Crippen molar-refractivity contribution in [2.45, 2.75) is 37.8 Å². The molecule has 2 fully saturated rings. The molecule has 3 aromatic heterocycles. The number of nitrogens with zero attached hydrogens (tertiary/aromatic N) is 7. The first-order valence-electron chi connectivity index (χ1n) is 12.0. The highest BCUT2D eigenvalue weighted by Crippen LogP contribution is 2.28. The van der Waals surface area contributed by atoms with Gasteiger partial charge in [0.1, 0.15) is 35.0 Å². The van der Waals surface area contributed by atoms with Gasteiger partial charge in [0.2, 0.25) is 11.7 Å². The number of piperidine rings is 1. The summed E-state index contributed by atoms with van der Waals surface area (Å²) < 4.78 is 28.5. The largest absolute Gasteiger partial charge is 0.393 e. The molecule has 1 aromatic carbocycles. The predicted octanol–water partition coefficient (Wildman–Crippen LogP) is 1.67. The van der Waals surface area contributed by atoms with Crippen LogP contribution >= 0.6 is 0 Å². The molecule has 0 amide bonds. The second kappa shape index (κ2) is 9.09.